The summed E-state index contributed by atoms with van der Waals surface area (Å²) in [5.41, 5.74) is 4.18. The highest BCUT2D eigenvalue weighted by molar-refractivity contribution is 7.17. The Morgan fingerprint density at radius 2 is 2.23 bits per heavy atom. The highest BCUT2D eigenvalue weighted by Gasteiger charge is 2.15. The summed E-state index contributed by atoms with van der Waals surface area (Å²) < 4.78 is 4.96. The van der Waals surface area contributed by atoms with Gasteiger partial charge in [0.05, 0.1) is 28.6 Å². The number of aromatic nitrogens is 1. The number of benzene rings is 1. The first-order valence-corrected chi connectivity index (χ1v) is 7.97. The fraction of sp³-hybridized carbons (Fsp3) is 0.214. The minimum atomic E-state index is -0.376. The van der Waals surface area contributed by atoms with E-state index in [0.29, 0.717) is 32.4 Å². The third-order valence-corrected chi connectivity index (χ3v) is 4.36. The Morgan fingerprint density at radius 1 is 1.45 bits per heavy atom. The van der Waals surface area contributed by atoms with Crippen molar-refractivity contribution in [3.8, 4) is 0 Å². The lowest BCUT2D eigenvalue weighted by molar-refractivity contribution is 0.0531. The summed E-state index contributed by atoms with van der Waals surface area (Å²) in [4.78, 5) is 16.4. The molecule has 0 bridgehead atoms. The average molecular weight is 358 g/mol. The lowest BCUT2D eigenvalue weighted by Crippen LogP contribution is -2.03. The Hall–Kier alpha value is -1.63. The molecule has 116 valence electrons. The number of hydrazone groups is 1. The number of carbonyl (C=O) groups excluding carboxylic acids is 1. The molecule has 0 saturated heterocycles. The second kappa shape index (κ2) is 7.58. The molecule has 0 aliphatic carbocycles. The van der Waals surface area contributed by atoms with E-state index in [4.69, 9.17) is 27.9 Å². The largest absolute Gasteiger partial charge is 0.462 e. The van der Waals surface area contributed by atoms with Crippen LogP contribution in [0.5, 0.6) is 0 Å². The van der Waals surface area contributed by atoms with Crippen molar-refractivity contribution in [1.82, 2.24) is 4.98 Å². The third-order valence-electron chi connectivity index (χ3n) is 2.57. The van der Waals surface area contributed by atoms with Crippen LogP contribution in [0.15, 0.2) is 23.3 Å². The Bertz CT molecular complexity index is 716. The third kappa shape index (κ3) is 4.19. The van der Waals surface area contributed by atoms with Gasteiger partial charge in [-0.05, 0) is 31.5 Å². The topological polar surface area (TPSA) is 63.6 Å². The van der Waals surface area contributed by atoms with Gasteiger partial charge in [0.25, 0.3) is 0 Å². The minimum Gasteiger partial charge on any atom is -0.462 e. The second-order valence-corrected chi connectivity index (χ2v) is 6.01. The van der Waals surface area contributed by atoms with Gasteiger partial charge in [0.2, 0.25) is 5.13 Å². The van der Waals surface area contributed by atoms with Gasteiger partial charge in [-0.2, -0.15) is 5.10 Å². The summed E-state index contributed by atoms with van der Waals surface area (Å²) in [6.45, 7) is 3.83. The molecule has 0 saturated carbocycles. The number of halogens is 2. The van der Waals surface area contributed by atoms with Crippen molar-refractivity contribution < 1.29 is 9.53 Å². The van der Waals surface area contributed by atoms with Crippen LogP contribution in [0.3, 0.4) is 0 Å². The van der Waals surface area contributed by atoms with Crippen LogP contribution in [0.1, 0.15) is 27.9 Å². The van der Waals surface area contributed by atoms with Crippen LogP contribution in [-0.4, -0.2) is 23.8 Å². The molecule has 5 nitrogen and oxygen atoms in total. The average Bonchev–Trinajstić information content (AvgIpc) is 2.84. The van der Waals surface area contributed by atoms with Gasteiger partial charge in [-0.15, -0.1) is 0 Å². The Balaban J connectivity index is 2.05. The first-order valence-electron chi connectivity index (χ1n) is 6.40. The number of esters is 1. The molecule has 0 radical (unpaired) electrons. The predicted octanol–water partition coefficient (Wildman–Crippen LogP) is 4.38. The molecular formula is C14H13Cl2N3O2S. The zero-order valence-corrected chi connectivity index (χ0v) is 14.2. The molecule has 2 aromatic rings. The van der Waals surface area contributed by atoms with E-state index in [9.17, 15) is 4.79 Å². The van der Waals surface area contributed by atoms with E-state index in [1.807, 2.05) is 0 Å². The lowest BCUT2D eigenvalue weighted by Gasteiger charge is -1.98. The number of rotatable bonds is 5. The Morgan fingerprint density at radius 3 is 2.91 bits per heavy atom. The molecule has 0 aliphatic rings. The van der Waals surface area contributed by atoms with Crippen molar-refractivity contribution in [2.24, 2.45) is 5.10 Å². The fourth-order valence-electron chi connectivity index (χ4n) is 1.58. The number of thiazole rings is 1. The van der Waals surface area contributed by atoms with Gasteiger partial charge in [0.1, 0.15) is 4.88 Å². The number of nitrogens with zero attached hydrogens (tertiary/aromatic N) is 2. The summed E-state index contributed by atoms with van der Waals surface area (Å²) in [7, 11) is 0. The van der Waals surface area contributed by atoms with Crippen LogP contribution in [0.2, 0.25) is 10.0 Å². The van der Waals surface area contributed by atoms with Gasteiger partial charge in [-0.25, -0.2) is 9.78 Å². The Labute approximate surface area is 141 Å². The van der Waals surface area contributed by atoms with Crippen LogP contribution in [0.25, 0.3) is 0 Å². The standard InChI is InChI=1S/C14H13Cl2N3O2S/c1-3-21-13(20)12-8(2)18-14(22-12)19-17-7-9-4-5-10(15)11(16)6-9/h4-7H,3H2,1-2H3,(H,18,19)/b17-7-. The molecule has 1 N–H and O–H groups in total. The van der Waals surface area contributed by atoms with Gasteiger partial charge < -0.3 is 4.74 Å². The number of ether oxygens (including phenoxy) is 1. The van der Waals surface area contributed by atoms with Crippen LogP contribution < -0.4 is 5.43 Å². The van der Waals surface area contributed by atoms with E-state index in [2.05, 4.69) is 15.5 Å². The van der Waals surface area contributed by atoms with Crippen molar-refractivity contribution in [3.63, 3.8) is 0 Å². The predicted molar refractivity (Wildman–Crippen MR) is 90.5 cm³/mol. The maximum atomic E-state index is 11.7. The van der Waals surface area contributed by atoms with E-state index in [1.165, 1.54) is 11.3 Å². The zero-order chi connectivity index (χ0) is 16.1. The van der Waals surface area contributed by atoms with Crippen molar-refractivity contribution in [2.45, 2.75) is 13.8 Å². The van der Waals surface area contributed by atoms with E-state index in [1.54, 1.807) is 38.3 Å². The van der Waals surface area contributed by atoms with Gasteiger partial charge in [0, 0.05) is 0 Å². The van der Waals surface area contributed by atoms with Crippen molar-refractivity contribution in [2.75, 3.05) is 12.0 Å². The molecule has 0 fully saturated rings. The first-order chi connectivity index (χ1) is 10.5. The molecule has 0 atom stereocenters. The maximum absolute atomic E-state index is 11.7. The van der Waals surface area contributed by atoms with E-state index < -0.39 is 0 Å². The quantitative estimate of drug-likeness (QED) is 0.489. The van der Waals surface area contributed by atoms with Crippen molar-refractivity contribution in [1.29, 1.82) is 0 Å². The highest BCUT2D eigenvalue weighted by Crippen LogP contribution is 2.24. The molecule has 22 heavy (non-hydrogen) atoms. The molecule has 1 aromatic heterocycles. The molecule has 0 amide bonds. The van der Waals surface area contributed by atoms with Gasteiger partial charge in [-0.1, -0.05) is 40.6 Å². The zero-order valence-electron chi connectivity index (χ0n) is 11.9. The summed E-state index contributed by atoms with van der Waals surface area (Å²) in [6, 6.07) is 5.18. The van der Waals surface area contributed by atoms with E-state index in [-0.39, 0.29) is 5.97 Å². The SMILES string of the molecule is CCOC(=O)c1sc(N/N=C\c2ccc(Cl)c(Cl)c2)nc1C. The minimum absolute atomic E-state index is 0.328. The molecule has 8 heteroatoms. The number of hydrogen-bond acceptors (Lipinski definition) is 6. The number of nitrogens with one attached hydrogen (secondary N) is 1. The van der Waals surface area contributed by atoms with Gasteiger partial charge >= 0.3 is 5.97 Å². The smallest absolute Gasteiger partial charge is 0.350 e. The Kier molecular flexibility index (Phi) is 5.76. The number of hydrogen-bond donors (Lipinski definition) is 1. The van der Waals surface area contributed by atoms with Gasteiger partial charge in [0.15, 0.2) is 0 Å². The fourth-order valence-corrected chi connectivity index (χ4v) is 2.70. The van der Waals surface area contributed by atoms with Crippen molar-refractivity contribution >= 4 is 51.9 Å². The highest BCUT2D eigenvalue weighted by atomic mass is 35.5. The van der Waals surface area contributed by atoms with Crippen LogP contribution in [0.4, 0.5) is 5.13 Å². The normalized spacial score (nSPS) is 10.9. The first kappa shape index (κ1) is 16.7. The van der Waals surface area contributed by atoms with E-state index >= 15 is 0 Å². The van der Waals surface area contributed by atoms with Crippen LogP contribution >= 0.6 is 34.5 Å². The summed E-state index contributed by atoms with van der Waals surface area (Å²) in [6.07, 6.45) is 1.59. The maximum Gasteiger partial charge on any atom is 0.350 e. The monoisotopic (exact) mass is 357 g/mol. The molecule has 0 aliphatic heterocycles. The molecule has 0 spiro atoms. The van der Waals surface area contributed by atoms with Crippen LogP contribution in [0, 0.1) is 6.92 Å². The number of aryl methyl sites for hydroxylation is 1. The van der Waals surface area contributed by atoms with Crippen LogP contribution in [-0.2, 0) is 4.74 Å². The molecule has 1 heterocycles. The summed E-state index contributed by atoms with van der Waals surface area (Å²) in [5.74, 6) is -0.376. The lowest BCUT2D eigenvalue weighted by atomic mass is 10.2. The number of anilines is 1. The summed E-state index contributed by atoms with van der Waals surface area (Å²) >= 11 is 13.0. The molecule has 1 aromatic carbocycles. The molecule has 2 rings (SSSR count). The van der Waals surface area contributed by atoms with Crippen molar-refractivity contribution in [3.05, 3.63) is 44.4 Å². The van der Waals surface area contributed by atoms with Gasteiger partial charge in [-0.3, -0.25) is 5.43 Å². The molecular weight excluding hydrogens is 345 g/mol. The number of carbonyl (C=O) groups is 1. The summed E-state index contributed by atoms with van der Waals surface area (Å²) in [5, 5.41) is 5.52. The second-order valence-electron chi connectivity index (χ2n) is 4.20. The van der Waals surface area contributed by atoms with E-state index in [0.717, 1.165) is 5.56 Å². The molecule has 0 unspecified atom stereocenters.